The third kappa shape index (κ3) is 5.96. The molecule has 170 valence electrons. The Morgan fingerprint density at radius 3 is 2.50 bits per heavy atom. The van der Waals surface area contributed by atoms with Crippen LogP contribution in [0.4, 0.5) is 11.5 Å². The molecule has 1 aliphatic rings. The van der Waals surface area contributed by atoms with Crippen LogP contribution in [0.15, 0.2) is 42.6 Å². The highest BCUT2D eigenvalue weighted by molar-refractivity contribution is 5.96. The molecular formula is C23H27N3O6. The second-order valence-corrected chi connectivity index (χ2v) is 7.24. The number of anilines is 2. The minimum atomic E-state index is -0.649. The number of nitrogens with one attached hydrogen (secondary N) is 1. The van der Waals surface area contributed by atoms with Gasteiger partial charge in [0.05, 0.1) is 19.6 Å². The van der Waals surface area contributed by atoms with Crippen molar-refractivity contribution >= 4 is 29.4 Å². The van der Waals surface area contributed by atoms with Gasteiger partial charge in [-0.1, -0.05) is 0 Å². The van der Waals surface area contributed by atoms with Gasteiger partial charge in [0.25, 0.3) is 5.91 Å². The summed E-state index contributed by atoms with van der Waals surface area (Å²) >= 11 is 0. The summed E-state index contributed by atoms with van der Waals surface area (Å²) in [4.78, 5) is 42.5. The first-order chi connectivity index (χ1) is 15.5. The molecule has 32 heavy (non-hydrogen) atoms. The predicted octanol–water partition coefficient (Wildman–Crippen LogP) is 2.79. The first kappa shape index (κ1) is 23.1. The number of piperidine rings is 1. The van der Waals surface area contributed by atoms with Crippen LogP contribution in [0.5, 0.6) is 5.75 Å². The van der Waals surface area contributed by atoms with Crippen molar-refractivity contribution in [2.75, 3.05) is 38.7 Å². The fourth-order valence-corrected chi connectivity index (χ4v) is 3.44. The predicted molar refractivity (Wildman–Crippen MR) is 117 cm³/mol. The Labute approximate surface area is 186 Å². The number of amides is 1. The fraction of sp³-hybridized carbons (Fsp3) is 0.391. The van der Waals surface area contributed by atoms with E-state index in [1.807, 2.05) is 31.2 Å². The fourth-order valence-electron chi connectivity index (χ4n) is 3.44. The van der Waals surface area contributed by atoms with Crippen molar-refractivity contribution in [3.05, 3.63) is 48.2 Å². The van der Waals surface area contributed by atoms with E-state index in [1.54, 1.807) is 23.2 Å². The summed E-state index contributed by atoms with van der Waals surface area (Å²) in [5, 5.41) is 3.09. The number of aromatic nitrogens is 1. The number of hydrogen-bond donors (Lipinski definition) is 1. The molecule has 2 aromatic rings. The van der Waals surface area contributed by atoms with Crippen molar-refractivity contribution in [1.29, 1.82) is 0 Å². The van der Waals surface area contributed by atoms with E-state index in [4.69, 9.17) is 14.2 Å². The van der Waals surface area contributed by atoms with Gasteiger partial charge in [-0.25, -0.2) is 9.78 Å². The molecule has 9 nitrogen and oxygen atoms in total. The van der Waals surface area contributed by atoms with Gasteiger partial charge in [0.1, 0.15) is 17.1 Å². The molecule has 0 saturated carbocycles. The number of carbonyl (C=O) groups excluding carboxylic acids is 3. The standard InChI is InChI=1S/C23H27N3O6/c1-3-31-18-8-6-17(7-9-18)25-21-19(5-4-12-24-21)23(29)32-15-20(27)26-13-10-16(11-14-26)22(28)30-2/h4-9,12,16H,3,10-11,13-15H2,1-2H3,(H,24,25). The molecule has 9 heteroatoms. The van der Waals surface area contributed by atoms with Gasteiger partial charge < -0.3 is 24.4 Å². The topological polar surface area (TPSA) is 107 Å². The summed E-state index contributed by atoms with van der Waals surface area (Å²) in [6.07, 6.45) is 2.63. The van der Waals surface area contributed by atoms with Crippen LogP contribution in [0.1, 0.15) is 30.1 Å². The summed E-state index contributed by atoms with van der Waals surface area (Å²) in [7, 11) is 1.36. The van der Waals surface area contributed by atoms with Crippen LogP contribution in [0.25, 0.3) is 0 Å². The van der Waals surface area contributed by atoms with E-state index in [9.17, 15) is 14.4 Å². The normalized spacial score (nSPS) is 13.9. The Balaban J connectivity index is 1.55. The van der Waals surface area contributed by atoms with Crippen molar-refractivity contribution in [3.8, 4) is 5.75 Å². The highest BCUT2D eigenvalue weighted by atomic mass is 16.5. The van der Waals surface area contributed by atoms with Gasteiger partial charge >= 0.3 is 11.9 Å². The van der Waals surface area contributed by atoms with Gasteiger partial charge in [-0.3, -0.25) is 9.59 Å². The average molecular weight is 441 g/mol. The minimum Gasteiger partial charge on any atom is -0.494 e. The zero-order valence-corrected chi connectivity index (χ0v) is 18.2. The van der Waals surface area contributed by atoms with Crippen LogP contribution in [0, 0.1) is 5.92 Å². The summed E-state index contributed by atoms with van der Waals surface area (Å²) in [6, 6.07) is 10.5. The number of benzene rings is 1. The van der Waals surface area contributed by atoms with E-state index in [0.29, 0.717) is 38.4 Å². The SMILES string of the molecule is CCOc1ccc(Nc2ncccc2C(=O)OCC(=O)N2CCC(C(=O)OC)CC2)cc1. The van der Waals surface area contributed by atoms with Crippen LogP contribution in [-0.2, 0) is 19.1 Å². The number of carbonyl (C=O) groups is 3. The molecular weight excluding hydrogens is 414 g/mol. The number of methoxy groups -OCH3 is 1. The number of ether oxygens (including phenoxy) is 3. The summed E-state index contributed by atoms with van der Waals surface area (Å²) in [5.74, 6) is -0.331. The number of likely N-dealkylation sites (tertiary alicyclic amines) is 1. The number of rotatable bonds is 8. The van der Waals surface area contributed by atoms with Crippen LogP contribution >= 0.6 is 0 Å². The molecule has 1 aromatic heterocycles. The first-order valence-corrected chi connectivity index (χ1v) is 10.5. The Kier molecular flexibility index (Phi) is 8.02. The maximum Gasteiger partial charge on any atom is 0.342 e. The first-order valence-electron chi connectivity index (χ1n) is 10.5. The van der Waals surface area contributed by atoms with Gasteiger partial charge in [0.2, 0.25) is 0 Å². The lowest BCUT2D eigenvalue weighted by Gasteiger charge is -2.30. The summed E-state index contributed by atoms with van der Waals surface area (Å²) in [6.45, 7) is 2.96. The number of hydrogen-bond acceptors (Lipinski definition) is 8. The van der Waals surface area contributed by atoms with E-state index < -0.39 is 5.97 Å². The van der Waals surface area contributed by atoms with Crippen LogP contribution in [0.3, 0.4) is 0 Å². The van der Waals surface area contributed by atoms with E-state index >= 15 is 0 Å². The Morgan fingerprint density at radius 2 is 1.84 bits per heavy atom. The monoisotopic (exact) mass is 441 g/mol. The van der Waals surface area contributed by atoms with Crippen molar-refractivity contribution in [1.82, 2.24) is 9.88 Å². The highest BCUT2D eigenvalue weighted by Gasteiger charge is 2.28. The maximum absolute atomic E-state index is 12.6. The maximum atomic E-state index is 12.6. The molecule has 1 N–H and O–H groups in total. The lowest BCUT2D eigenvalue weighted by atomic mass is 9.97. The third-order valence-electron chi connectivity index (χ3n) is 5.16. The molecule has 1 aliphatic heterocycles. The minimum absolute atomic E-state index is 0.196. The van der Waals surface area contributed by atoms with Crippen molar-refractivity contribution < 1.29 is 28.6 Å². The highest BCUT2D eigenvalue weighted by Crippen LogP contribution is 2.22. The van der Waals surface area contributed by atoms with E-state index in [0.717, 1.165) is 11.4 Å². The Bertz CT molecular complexity index is 939. The smallest absolute Gasteiger partial charge is 0.342 e. The molecule has 0 bridgehead atoms. The summed E-state index contributed by atoms with van der Waals surface area (Å²) < 4.78 is 15.4. The molecule has 1 amide bonds. The zero-order valence-electron chi connectivity index (χ0n) is 18.2. The second-order valence-electron chi connectivity index (χ2n) is 7.24. The van der Waals surface area contributed by atoms with Gasteiger partial charge in [0, 0.05) is 25.0 Å². The molecule has 0 unspecified atom stereocenters. The van der Waals surface area contributed by atoms with E-state index in [2.05, 4.69) is 10.3 Å². The molecule has 1 aromatic carbocycles. The number of esters is 2. The molecule has 0 spiro atoms. The van der Waals surface area contributed by atoms with Crippen molar-refractivity contribution in [2.45, 2.75) is 19.8 Å². The second kappa shape index (κ2) is 11.1. The van der Waals surface area contributed by atoms with Gasteiger partial charge in [-0.05, 0) is 56.2 Å². The molecule has 1 saturated heterocycles. The van der Waals surface area contributed by atoms with Crippen LogP contribution < -0.4 is 10.1 Å². The van der Waals surface area contributed by atoms with Gasteiger partial charge in [0.15, 0.2) is 6.61 Å². The van der Waals surface area contributed by atoms with Crippen molar-refractivity contribution in [3.63, 3.8) is 0 Å². The third-order valence-corrected chi connectivity index (χ3v) is 5.16. The van der Waals surface area contributed by atoms with E-state index in [-0.39, 0.29) is 30.0 Å². The molecule has 0 atom stereocenters. The molecule has 0 radical (unpaired) electrons. The Morgan fingerprint density at radius 1 is 1.12 bits per heavy atom. The van der Waals surface area contributed by atoms with Gasteiger partial charge in [-0.2, -0.15) is 0 Å². The lowest BCUT2D eigenvalue weighted by molar-refractivity contribution is -0.149. The van der Waals surface area contributed by atoms with Crippen LogP contribution in [0.2, 0.25) is 0 Å². The largest absolute Gasteiger partial charge is 0.494 e. The molecule has 2 heterocycles. The number of nitrogens with zero attached hydrogens (tertiary/aromatic N) is 2. The number of pyridine rings is 1. The average Bonchev–Trinajstić information content (AvgIpc) is 2.83. The van der Waals surface area contributed by atoms with Crippen molar-refractivity contribution in [2.24, 2.45) is 5.92 Å². The van der Waals surface area contributed by atoms with E-state index in [1.165, 1.54) is 7.11 Å². The molecule has 1 fully saturated rings. The zero-order chi connectivity index (χ0) is 22.9. The quantitative estimate of drug-likeness (QED) is 0.623. The van der Waals surface area contributed by atoms with Gasteiger partial charge in [-0.15, -0.1) is 0 Å². The molecule has 3 rings (SSSR count). The van der Waals surface area contributed by atoms with Crippen LogP contribution in [-0.4, -0.2) is 61.1 Å². The molecule has 0 aliphatic carbocycles. The Hall–Kier alpha value is -3.62. The summed E-state index contributed by atoms with van der Waals surface area (Å²) in [5.41, 5.74) is 0.948. The lowest BCUT2D eigenvalue weighted by Crippen LogP contribution is -2.42.